The molecule has 3 nitrogen and oxygen atoms in total. The highest BCUT2D eigenvalue weighted by atomic mass is 19.4. The Labute approximate surface area is 131 Å². The van der Waals surface area contributed by atoms with Gasteiger partial charge in [-0.2, -0.15) is 13.2 Å². The van der Waals surface area contributed by atoms with Crippen LogP contribution in [0.4, 0.5) is 17.6 Å². The fraction of sp³-hybridized carbons (Fsp3) is 0.562. The molecule has 1 amide bonds. The van der Waals surface area contributed by atoms with E-state index in [4.69, 9.17) is 0 Å². The number of alkyl halides is 3. The predicted octanol–water partition coefficient (Wildman–Crippen LogP) is 3.63. The van der Waals surface area contributed by atoms with Crippen molar-refractivity contribution in [2.45, 2.75) is 56.3 Å². The van der Waals surface area contributed by atoms with Gasteiger partial charge in [0.05, 0.1) is 24.5 Å². The predicted molar refractivity (Wildman–Crippen MR) is 76.0 cm³/mol. The second-order valence-electron chi connectivity index (χ2n) is 6.10. The third-order valence-electron chi connectivity index (χ3n) is 4.07. The molecule has 1 fully saturated rings. The molecule has 0 heterocycles. The van der Waals surface area contributed by atoms with Gasteiger partial charge in [-0.3, -0.25) is 4.79 Å². The molecular weight excluding hydrogens is 314 g/mol. The molecule has 0 radical (unpaired) electrons. The lowest BCUT2D eigenvalue weighted by Gasteiger charge is -2.25. The number of rotatable bonds is 5. The SMILES string of the molecule is O=C(CC1(O)CCCC1)NC(CC(F)(F)F)c1ccc(F)cc1. The molecule has 128 valence electrons. The number of benzene rings is 1. The molecule has 2 N–H and O–H groups in total. The van der Waals surface area contributed by atoms with Crippen LogP contribution in [0.3, 0.4) is 0 Å². The van der Waals surface area contributed by atoms with Gasteiger partial charge in [0.1, 0.15) is 5.82 Å². The Bertz CT molecular complexity index is 536. The number of aliphatic hydroxyl groups is 1. The van der Waals surface area contributed by atoms with E-state index in [0.717, 1.165) is 25.0 Å². The van der Waals surface area contributed by atoms with E-state index in [1.165, 1.54) is 12.1 Å². The summed E-state index contributed by atoms with van der Waals surface area (Å²) in [5.74, 6) is -1.20. The lowest BCUT2D eigenvalue weighted by molar-refractivity contribution is -0.143. The van der Waals surface area contributed by atoms with Crippen molar-refractivity contribution in [2.24, 2.45) is 0 Å². The van der Waals surface area contributed by atoms with Crippen LogP contribution in [0.5, 0.6) is 0 Å². The molecule has 0 saturated heterocycles. The highest BCUT2D eigenvalue weighted by Crippen LogP contribution is 2.33. The molecule has 1 unspecified atom stereocenters. The van der Waals surface area contributed by atoms with E-state index in [2.05, 4.69) is 5.32 Å². The van der Waals surface area contributed by atoms with Crippen molar-refractivity contribution in [2.75, 3.05) is 0 Å². The van der Waals surface area contributed by atoms with Crippen molar-refractivity contribution in [3.05, 3.63) is 35.6 Å². The molecule has 1 aliphatic carbocycles. The molecule has 0 aliphatic heterocycles. The fourth-order valence-corrected chi connectivity index (χ4v) is 2.93. The molecule has 1 aliphatic rings. The first-order chi connectivity index (χ1) is 10.7. The maximum absolute atomic E-state index is 12.9. The number of carbonyl (C=O) groups excluding carboxylic acids is 1. The molecule has 2 rings (SSSR count). The van der Waals surface area contributed by atoms with Crippen LogP contribution < -0.4 is 5.32 Å². The van der Waals surface area contributed by atoms with Gasteiger partial charge < -0.3 is 10.4 Å². The summed E-state index contributed by atoms with van der Waals surface area (Å²) in [6, 6.07) is 3.24. The Morgan fingerprint density at radius 3 is 2.30 bits per heavy atom. The number of amides is 1. The Balaban J connectivity index is 2.07. The van der Waals surface area contributed by atoms with E-state index >= 15 is 0 Å². The van der Waals surface area contributed by atoms with Gasteiger partial charge >= 0.3 is 6.18 Å². The molecule has 0 bridgehead atoms. The quantitative estimate of drug-likeness (QED) is 0.809. The van der Waals surface area contributed by atoms with Gasteiger partial charge in [0, 0.05) is 0 Å². The number of nitrogens with one attached hydrogen (secondary N) is 1. The van der Waals surface area contributed by atoms with Crippen LogP contribution in [0.15, 0.2) is 24.3 Å². The average Bonchev–Trinajstić information content (AvgIpc) is 2.83. The molecule has 1 aromatic rings. The fourth-order valence-electron chi connectivity index (χ4n) is 2.93. The second-order valence-corrected chi connectivity index (χ2v) is 6.10. The Morgan fingerprint density at radius 2 is 1.78 bits per heavy atom. The summed E-state index contributed by atoms with van der Waals surface area (Å²) >= 11 is 0. The minimum absolute atomic E-state index is 0.176. The monoisotopic (exact) mass is 333 g/mol. The highest BCUT2D eigenvalue weighted by molar-refractivity contribution is 5.77. The maximum Gasteiger partial charge on any atom is 0.391 e. The first-order valence-electron chi connectivity index (χ1n) is 7.51. The summed E-state index contributed by atoms with van der Waals surface area (Å²) in [6.07, 6.45) is -3.40. The van der Waals surface area contributed by atoms with Crippen molar-refractivity contribution in [3.8, 4) is 0 Å². The van der Waals surface area contributed by atoms with Crippen LogP contribution in [-0.2, 0) is 4.79 Å². The molecule has 23 heavy (non-hydrogen) atoms. The first kappa shape index (κ1) is 17.7. The van der Waals surface area contributed by atoms with E-state index in [1.54, 1.807) is 0 Å². The van der Waals surface area contributed by atoms with Gasteiger partial charge in [0.2, 0.25) is 5.91 Å². The van der Waals surface area contributed by atoms with Crippen LogP contribution in [0.2, 0.25) is 0 Å². The van der Waals surface area contributed by atoms with Crippen LogP contribution in [-0.4, -0.2) is 22.8 Å². The largest absolute Gasteiger partial charge is 0.391 e. The molecule has 1 atom stereocenters. The van der Waals surface area contributed by atoms with Crippen molar-refractivity contribution < 1.29 is 27.5 Å². The van der Waals surface area contributed by atoms with Gasteiger partial charge in [-0.25, -0.2) is 4.39 Å². The molecule has 1 saturated carbocycles. The molecular formula is C16H19F4NO2. The van der Waals surface area contributed by atoms with Crippen LogP contribution in [0.1, 0.15) is 50.1 Å². The third kappa shape index (κ3) is 5.49. The average molecular weight is 333 g/mol. The summed E-state index contributed by atoms with van der Waals surface area (Å²) in [5, 5.41) is 12.5. The molecule has 1 aromatic carbocycles. The highest BCUT2D eigenvalue weighted by Gasteiger charge is 2.36. The standard InChI is InChI=1S/C16H19F4NO2/c17-12-5-3-11(4-6-12)13(9-16(18,19)20)21-14(22)10-15(23)7-1-2-8-15/h3-6,13,23H,1-2,7-10H2,(H,21,22). The Hall–Kier alpha value is -1.63. The second kappa shape index (κ2) is 6.86. The van der Waals surface area contributed by atoms with Crippen LogP contribution in [0.25, 0.3) is 0 Å². The number of halogens is 4. The summed E-state index contributed by atoms with van der Waals surface area (Å²) in [7, 11) is 0. The minimum Gasteiger partial charge on any atom is -0.389 e. The zero-order valence-corrected chi connectivity index (χ0v) is 12.5. The van der Waals surface area contributed by atoms with Crippen LogP contribution >= 0.6 is 0 Å². The number of hydrogen-bond donors (Lipinski definition) is 2. The molecule has 0 spiro atoms. The van der Waals surface area contributed by atoms with E-state index in [-0.39, 0.29) is 12.0 Å². The topological polar surface area (TPSA) is 49.3 Å². The summed E-state index contributed by atoms with van der Waals surface area (Å²) in [5.41, 5.74) is -0.953. The van der Waals surface area contributed by atoms with Gasteiger partial charge in [-0.1, -0.05) is 25.0 Å². The zero-order valence-electron chi connectivity index (χ0n) is 12.5. The summed E-state index contributed by atoms with van der Waals surface area (Å²) < 4.78 is 51.1. The van der Waals surface area contributed by atoms with Crippen LogP contribution in [0, 0.1) is 5.82 Å². The minimum atomic E-state index is -4.48. The van der Waals surface area contributed by atoms with Crippen molar-refractivity contribution >= 4 is 5.91 Å². The van der Waals surface area contributed by atoms with E-state index in [1.807, 2.05) is 0 Å². The zero-order chi connectivity index (χ0) is 17.1. The summed E-state index contributed by atoms with van der Waals surface area (Å²) in [6.45, 7) is 0. The maximum atomic E-state index is 12.9. The third-order valence-corrected chi connectivity index (χ3v) is 4.07. The first-order valence-corrected chi connectivity index (χ1v) is 7.51. The Kier molecular flexibility index (Phi) is 5.29. The smallest absolute Gasteiger partial charge is 0.389 e. The summed E-state index contributed by atoms with van der Waals surface area (Å²) in [4.78, 5) is 12.0. The molecule has 7 heteroatoms. The number of carbonyl (C=O) groups is 1. The lowest BCUT2D eigenvalue weighted by Crippen LogP contribution is -2.37. The van der Waals surface area contributed by atoms with Gasteiger partial charge in [-0.15, -0.1) is 0 Å². The Morgan fingerprint density at radius 1 is 1.22 bits per heavy atom. The normalized spacial score (nSPS) is 18.7. The number of hydrogen-bond acceptors (Lipinski definition) is 2. The van der Waals surface area contributed by atoms with E-state index in [9.17, 15) is 27.5 Å². The molecule has 0 aromatic heterocycles. The van der Waals surface area contributed by atoms with Crippen molar-refractivity contribution in [1.29, 1.82) is 0 Å². The van der Waals surface area contributed by atoms with E-state index < -0.39 is 36.0 Å². The van der Waals surface area contributed by atoms with Gasteiger partial charge in [0.15, 0.2) is 0 Å². The van der Waals surface area contributed by atoms with Gasteiger partial charge in [0.25, 0.3) is 0 Å². The van der Waals surface area contributed by atoms with Crippen molar-refractivity contribution in [1.82, 2.24) is 5.32 Å². The van der Waals surface area contributed by atoms with Gasteiger partial charge in [-0.05, 0) is 30.5 Å². The lowest BCUT2D eigenvalue weighted by atomic mass is 9.96. The van der Waals surface area contributed by atoms with Crippen molar-refractivity contribution in [3.63, 3.8) is 0 Å². The van der Waals surface area contributed by atoms with E-state index in [0.29, 0.717) is 12.8 Å².